The maximum atomic E-state index is 13.4. The van der Waals surface area contributed by atoms with E-state index in [2.05, 4.69) is 0 Å². The molecule has 1 aliphatic rings. The molecule has 1 heterocycles. The van der Waals surface area contributed by atoms with Gasteiger partial charge in [-0.1, -0.05) is 42.5 Å². The molecule has 26 heavy (non-hydrogen) atoms. The van der Waals surface area contributed by atoms with Gasteiger partial charge < -0.3 is 10.2 Å². The molecule has 136 valence electrons. The third-order valence-electron chi connectivity index (χ3n) is 3.88. The molecule has 2 aromatic rings. The molecule has 2 aromatic carbocycles. The van der Waals surface area contributed by atoms with Crippen LogP contribution in [-0.4, -0.2) is 30.3 Å². The van der Waals surface area contributed by atoms with Crippen LogP contribution in [0.1, 0.15) is 11.6 Å². The van der Waals surface area contributed by atoms with Crippen LogP contribution in [0.2, 0.25) is 0 Å². The van der Waals surface area contributed by atoms with Gasteiger partial charge in [0.2, 0.25) is 11.8 Å². The van der Waals surface area contributed by atoms with Crippen molar-refractivity contribution in [3.8, 4) is 0 Å². The number of carbonyl (C=O) groups is 2. The summed E-state index contributed by atoms with van der Waals surface area (Å²) in [6, 6.07) is 12.0. The smallest absolute Gasteiger partial charge is 0.339 e. The first-order valence-electron chi connectivity index (χ1n) is 7.79. The van der Waals surface area contributed by atoms with E-state index in [1.165, 1.54) is 40.9 Å². The predicted octanol–water partition coefficient (Wildman–Crippen LogP) is 3.55. The number of carbonyl (C=O) groups excluding carboxylic acids is 2. The number of para-hydroxylation sites is 1. The number of fused-ring (bicyclic) bond motifs is 1. The lowest BCUT2D eigenvalue weighted by molar-refractivity contribution is -0.163. The van der Waals surface area contributed by atoms with Gasteiger partial charge in [-0.25, -0.2) is 0 Å². The standard InChI is InChI=1S/C18H15F3N2O2S/c19-18(20,21)17(12-6-2-1-3-7-12)22-15(24)10-23-13-8-4-5-9-14(13)26-11-16(23)25/h1-9,17H,10-11H2,(H,22,24). The summed E-state index contributed by atoms with van der Waals surface area (Å²) in [4.78, 5) is 26.5. The SMILES string of the molecule is O=C(CN1C(=O)CSc2ccccc21)NC(c1ccccc1)C(F)(F)F. The highest BCUT2D eigenvalue weighted by atomic mass is 32.2. The number of halogens is 3. The van der Waals surface area contributed by atoms with E-state index in [0.29, 0.717) is 5.69 Å². The number of alkyl halides is 3. The first kappa shape index (κ1) is 18.3. The second-order valence-electron chi connectivity index (χ2n) is 5.69. The Morgan fingerprint density at radius 2 is 1.77 bits per heavy atom. The van der Waals surface area contributed by atoms with Crippen molar-refractivity contribution >= 4 is 29.3 Å². The first-order valence-corrected chi connectivity index (χ1v) is 8.78. The third kappa shape index (κ3) is 4.01. The van der Waals surface area contributed by atoms with Crippen LogP contribution in [0, 0.1) is 0 Å². The highest BCUT2D eigenvalue weighted by molar-refractivity contribution is 8.00. The molecule has 3 rings (SSSR count). The molecule has 1 N–H and O–H groups in total. The molecule has 0 radical (unpaired) electrons. The van der Waals surface area contributed by atoms with Gasteiger partial charge in [0.05, 0.1) is 11.4 Å². The Labute approximate surface area is 152 Å². The van der Waals surface area contributed by atoms with E-state index < -0.39 is 24.7 Å². The molecule has 1 aliphatic heterocycles. The minimum atomic E-state index is -4.64. The maximum absolute atomic E-state index is 13.4. The van der Waals surface area contributed by atoms with Gasteiger partial charge in [0.25, 0.3) is 0 Å². The van der Waals surface area contributed by atoms with Gasteiger partial charge in [-0.2, -0.15) is 13.2 Å². The van der Waals surface area contributed by atoms with Gasteiger partial charge in [-0.3, -0.25) is 9.59 Å². The number of nitrogens with one attached hydrogen (secondary N) is 1. The average molecular weight is 380 g/mol. The lowest BCUT2D eigenvalue weighted by Gasteiger charge is -2.29. The quantitative estimate of drug-likeness (QED) is 0.883. The second-order valence-corrected chi connectivity index (χ2v) is 6.71. The maximum Gasteiger partial charge on any atom is 0.412 e. The Morgan fingerprint density at radius 1 is 1.12 bits per heavy atom. The normalized spacial score (nSPS) is 15.3. The molecule has 8 heteroatoms. The summed E-state index contributed by atoms with van der Waals surface area (Å²) in [7, 11) is 0. The molecular formula is C18H15F3N2O2S. The van der Waals surface area contributed by atoms with Crippen LogP contribution >= 0.6 is 11.8 Å². The zero-order chi connectivity index (χ0) is 18.7. The van der Waals surface area contributed by atoms with Crippen LogP contribution in [0.3, 0.4) is 0 Å². The van der Waals surface area contributed by atoms with Crippen LogP contribution in [0.4, 0.5) is 18.9 Å². The molecule has 0 aliphatic carbocycles. The summed E-state index contributed by atoms with van der Waals surface area (Å²) in [6.07, 6.45) is -4.64. The number of anilines is 1. The fourth-order valence-corrected chi connectivity index (χ4v) is 3.61. The van der Waals surface area contributed by atoms with Crippen molar-refractivity contribution in [3.05, 3.63) is 60.2 Å². The van der Waals surface area contributed by atoms with Crippen molar-refractivity contribution in [3.63, 3.8) is 0 Å². The summed E-state index contributed by atoms with van der Waals surface area (Å²) in [6.45, 7) is -0.462. The largest absolute Gasteiger partial charge is 0.412 e. The first-order chi connectivity index (χ1) is 12.4. The van der Waals surface area contributed by atoms with Crippen molar-refractivity contribution < 1.29 is 22.8 Å². The summed E-state index contributed by atoms with van der Waals surface area (Å²) in [5.74, 6) is -1.04. The van der Waals surface area contributed by atoms with E-state index in [1.807, 2.05) is 5.32 Å². The van der Waals surface area contributed by atoms with Gasteiger partial charge >= 0.3 is 6.18 Å². The zero-order valence-electron chi connectivity index (χ0n) is 13.5. The van der Waals surface area contributed by atoms with Gasteiger partial charge in [-0.15, -0.1) is 11.8 Å². The van der Waals surface area contributed by atoms with Crippen molar-refractivity contribution in [1.29, 1.82) is 0 Å². The van der Waals surface area contributed by atoms with Crippen molar-refractivity contribution in [2.45, 2.75) is 17.1 Å². The van der Waals surface area contributed by atoms with E-state index >= 15 is 0 Å². The van der Waals surface area contributed by atoms with Crippen LogP contribution in [0.25, 0.3) is 0 Å². The molecule has 0 aromatic heterocycles. The molecule has 1 unspecified atom stereocenters. The summed E-state index contributed by atoms with van der Waals surface area (Å²) in [5, 5.41) is 2.01. The number of hydrogen-bond acceptors (Lipinski definition) is 3. The van der Waals surface area contributed by atoms with Crippen LogP contribution in [0.15, 0.2) is 59.5 Å². The van der Waals surface area contributed by atoms with Gasteiger partial charge in [0.15, 0.2) is 6.04 Å². The van der Waals surface area contributed by atoms with E-state index in [-0.39, 0.29) is 17.2 Å². The summed E-state index contributed by atoms with van der Waals surface area (Å²) < 4.78 is 40.1. The second kappa shape index (κ2) is 7.41. The van der Waals surface area contributed by atoms with E-state index in [9.17, 15) is 22.8 Å². The number of thioether (sulfide) groups is 1. The number of hydrogen-bond donors (Lipinski definition) is 1. The lowest BCUT2D eigenvalue weighted by Crippen LogP contribution is -2.46. The summed E-state index contributed by atoms with van der Waals surface area (Å²) >= 11 is 1.34. The number of amides is 2. The molecule has 2 amide bonds. The Morgan fingerprint density at radius 3 is 2.46 bits per heavy atom. The Hall–Kier alpha value is -2.48. The third-order valence-corrected chi connectivity index (χ3v) is 4.92. The number of rotatable bonds is 4. The fraction of sp³-hybridized carbons (Fsp3) is 0.222. The van der Waals surface area contributed by atoms with E-state index in [1.54, 1.807) is 30.3 Å². The lowest BCUT2D eigenvalue weighted by atomic mass is 10.1. The Balaban J connectivity index is 1.78. The average Bonchev–Trinajstić information content (AvgIpc) is 2.62. The number of nitrogens with zero attached hydrogens (tertiary/aromatic N) is 1. The molecule has 0 spiro atoms. The van der Waals surface area contributed by atoms with E-state index in [0.717, 1.165) is 4.90 Å². The topological polar surface area (TPSA) is 49.4 Å². The Bertz CT molecular complexity index is 812. The van der Waals surface area contributed by atoms with Gasteiger partial charge in [0.1, 0.15) is 6.54 Å². The molecule has 0 saturated carbocycles. The molecule has 0 bridgehead atoms. The monoisotopic (exact) mass is 380 g/mol. The van der Waals surface area contributed by atoms with Crippen molar-refractivity contribution in [2.75, 3.05) is 17.2 Å². The minimum Gasteiger partial charge on any atom is -0.339 e. The Kier molecular flexibility index (Phi) is 5.22. The predicted molar refractivity (Wildman–Crippen MR) is 92.9 cm³/mol. The van der Waals surface area contributed by atoms with Crippen molar-refractivity contribution in [1.82, 2.24) is 5.32 Å². The molecule has 0 fully saturated rings. The molecule has 4 nitrogen and oxygen atoms in total. The zero-order valence-corrected chi connectivity index (χ0v) is 14.3. The van der Waals surface area contributed by atoms with Crippen molar-refractivity contribution in [2.24, 2.45) is 0 Å². The molecule has 0 saturated heterocycles. The fourth-order valence-electron chi connectivity index (χ4n) is 2.68. The highest BCUT2D eigenvalue weighted by Gasteiger charge is 2.42. The van der Waals surface area contributed by atoms with Crippen LogP contribution in [0.5, 0.6) is 0 Å². The highest BCUT2D eigenvalue weighted by Crippen LogP contribution is 2.35. The van der Waals surface area contributed by atoms with Crippen LogP contribution < -0.4 is 10.2 Å². The number of benzene rings is 2. The van der Waals surface area contributed by atoms with Gasteiger partial charge in [0, 0.05) is 4.90 Å². The van der Waals surface area contributed by atoms with E-state index in [4.69, 9.17) is 0 Å². The van der Waals surface area contributed by atoms with Crippen LogP contribution in [-0.2, 0) is 9.59 Å². The van der Waals surface area contributed by atoms with Gasteiger partial charge in [-0.05, 0) is 17.7 Å². The molecule has 1 atom stereocenters. The minimum absolute atomic E-state index is 0.0609. The summed E-state index contributed by atoms with van der Waals surface area (Å²) in [5.41, 5.74) is 0.474. The molecular weight excluding hydrogens is 365 g/mol.